The minimum Gasteiger partial charge on any atom is -0.449 e. The maximum atomic E-state index is 13.5. The van der Waals surface area contributed by atoms with Crippen LogP contribution in [0.2, 0.25) is 0 Å². The molecule has 0 unspecified atom stereocenters. The van der Waals surface area contributed by atoms with Gasteiger partial charge in [0.05, 0.1) is 11.5 Å². The summed E-state index contributed by atoms with van der Waals surface area (Å²) in [4.78, 5) is 53.6. The van der Waals surface area contributed by atoms with Gasteiger partial charge in [-0.3, -0.25) is 23.9 Å². The molecule has 14 nitrogen and oxygen atoms in total. The molecule has 41 heavy (non-hydrogen) atoms. The Morgan fingerprint density at radius 2 is 1.73 bits per heavy atom. The number of morpholine rings is 1. The van der Waals surface area contributed by atoms with Crippen molar-refractivity contribution >= 4 is 39.2 Å². The summed E-state index contributed by atoms with van der Waals surface area (Å²) < 4.78 is 42.5. The Balaban J connectivity index is 1.31. The van der Waals surface area contributed by atoms with Crippen molar-refractivity contribution in [2.75, 3.05) is 36.5 Å². The summed E-state index contributed by atoms with van der Waals surface area (Å²) in [6, 6.07) is 12.1. The summed E-state index contributed by atoms with van der Waals surface area (Å²) in [5.74, 6) is -2.72. The van der Waals surface area contributed by atoms with Crippen LogP contribution in [0, 0.1) is 0 Å². The van der Waals surface area contributed by atoms with Crippen LogP contribution in [0.5, 0.6) is 0 Å². The van der Waals surface area contributed by atoms with E-state index < -0.39 is 45.8 Å². The van der Waals surface area contributed by atoms with Gasteiger partial charge in [0.25, 0.3) is 11.8 Å². The summed E-state index contributed by atoms with van der Waals surface area (Å²) in [5.41, 5.74) is 1.25. The molecule has 3 heterocycles. The van der Waals surface area contributed by atoms with Crippen LogP contribution in [-0.2, 0) is 33.9 Å². The second kappa shape index (κ2) is 11.6. The number of nitrogens with zero attached hydrogens (tertiary/aromatic N) is 3. The predicted octanol–water partition coefficient (Wildman–Crippen LogP) is 1.12. The van der Waals surface area contributed by atoms with Gasteiger partial charge in [-0.2, -0.15) is 4.31 Å². The highest BCUT2D eigenvalue weighted by atomic mass is 32.2. The Labute approximate surface area is 234 Å². The molecule has 0 bridgehead atoms. The highest BCUT2D eigenvalue weighted by molar-refractivity contribution is 7.89. The molecule has 2 atom stereocenters. The molecule has 3 aromatic rings. The van der Waals surface area contributed by atoms with Crippen molar-refractivity contribution in [3.63, 3.8) is 0 Å². The molecule has 216 valence electrons. The number of nitrogens with one attached hydrogen (secondary N) is 2. The minimum atomic E-state index is -3.62. The molecule has 2 amide bonds. The molecule has 2 aliphatic rings. The number of aromatic amines is 1. The lowest BCUT2D eigenvalue weighted by atomic mass is 10.1. The van der Waals surface area contributed by atoms with E-state index in [9.17, 15) is 27.6 Å². The van der Waals surface area contributed by atoms with E-state index in [0.29, 0.717) is 30.0 Å². The zero-order valence-electron chi connectivity index (χ0n) is 21.9. The SMILES string of the molecule is CC(=O)O[C@@H](C(=O)Nc1ccc(-c2noc(=O)[nH]2)cc1)[C@H]1OCCN(c2ccc(S(=O)(=O)N3CCCC3)cc2)C1=O. The number of amides is 2. The van der Waals surface area contributed by atoms with Crippen molar-refractivity contribution in [2.24, 2.45) is 0 Å². The third-order valence-electron chi connectivity index (χ3n) is 6.67. The largest absolute Gasteiger partial charge is 0.449 e. The van der Waals surface area contributed by atoms with Crippen LogP contribution in [0.15, 0.2) is 62.7 Å². The van der Waals surface area contributed by atoms with Crippen molar-refractivity contribution < 1.29 is 36.8 Å². The number of ether oxygens (including phenoxy) is 2. The van der Waals surface area contributed by atoms with Crippen LogP contribution in [-0.4, -0.2) is 79.1 Å². The quantitative estimate of drug-likeness (QED) is 0.364. The van der Waals surface area contributed by atoms with Crippen LogP contribution in [0.1, 0.15) is 19.8 Å². The van der Waals surface area contributed by atoms with E-state index in [1.165, 1.54) is 45.6 Å². The smallest absolute Gasteiger partial charge is 0.439 e. The fourth-order valence-electron chi connectivity index (χ4n) is 4.67. The molecule has 2 saturated heterocycles. The second-order valence-corrected chi connectivity index (χ2v) is 11.4. The van der Waals surface area contributed by atoms with Gasteiger partial charge in [-0.1, -0.05) is 5.16 Å². The van der Waals surface area contributed by atoms with Gasteiger partial charge in [0, 0.05) is 43.5 Å². The summed E-state index contributed by atoms with van der Waals surface area (Å²) >= 11 is 0. The summed E-state index contributed by atoms with van der Waals surface area (Å²) in [7, 11) is -3.62. The maximum absolute atomic E-state index is 13.5. The zero-order chi connectivity index (χ0) is 29.1. The highest BCUT2D eigenvalue weighted by Crippen LogP contribution is 2.26. The lowest BCUT2D eigenvalue weighted by Crippen LogP contribution is -2.56. The van der Waals surface area contributed by atoms with E-state index in [-0.39, 0.29) is 23.9 Å². The first-order valence-corrected chi connectivity index (χ1v) is 14.3. The molecular weight excluding hydrogens is 558 g/mol. The molecule has 0 aliphatic carbocycles. The summed E-state index contributed by atoms with van der Waals surface area (Å²) in [5, 5.41) is 6.20. The number of carbonyl (C=O) groups excluding carboxylic acids is 3. The van der Waals surface area contributed by atoms with E-state index in [0.717, 1.165) is 19.8 Å². The lowest BCUT2D eigenvalue weighted by Gasteiger charge is -2.35. The van der Waals surface area contributed by atoms with Crippen molar-refractivity contribution in [3.8, 4) is 11.4 Å². The Morgan fingerprint density at radius 3 is 2.34 bits per heavy atom. The molecular formula is C26H27N5O9S. The van der Waals surface area contributed by atoms with Gasteiger partial charge >= 0.3 is 11.7 Å². The van der Waals surface area contributed by atoms with Crippen molar-refractivity contribution in [1.82, 2.24) is 14.4 Å². The van der Waals surface area contributed by atoms with Gasteiger partial charge < -0.3 is 19.7 Å². The average molecular weight is 586 g/mol. The van der Waals surface area contributed by atoms with Crippen LogP contribution < -0.4 is 16.0 Å². The molecule has 2 N–H and O–H groups in total. The number of carbonyl (C=O) groups is 3. The Morgan fingerprint density at radius 1 is 1.05 bits per heavy atom. The number of benzene rings is 2. The maximum Gasteiger partial charge on any atom is 0.439 e. The van der Waals surface area contributed by atoms with Crippen LogP contribution in [0.25, 0.3) is 11.4 Å². The van der Waals surface area contributed by atoms with Crippen molar-refractivity contribution in [3.05, 3.63) is 59.1 Å². The molecule has 0 radical (unpaired) electrons. The van der Waals surface area contributed by atoms with Gasteiger partial charge in [0.1, 0.15) is 0 Å². The average Bonchev–Trinajstić information content (AvgIpc) is 3.65. The summed E-state index contributed by atoms with van der Waals surface area (Å²) in [6.45, 7) is 2.24. The third kappa shape index (κ3) is 6.06. The second-order valence-electron chi connectivity index (χ2n) is 9.43. The van der Waals surface area contributed by atoms with E-state index in [1.807, 2.05) is 0 Å². The minimum absolute atomic E-state index is 0.0415. The van der Waals surface area contributed by atoms with Crippen molar-refractivity contribution in [1.29, 1.82) is 0 Å². The lowest BCUT2D eigenvalue weighted by molar-refractivity contribution is -0.167. The topological polar surface area (TPSA) is 181 Å². The molecule has 1 aromatic heterocycles. The predicted molar refractivity (Wildman–Crippen MR) is 143 cm³/mol. The van der Waals surface area contributed by atoms with Gasteiger partial charge in [0.2, 0.25) is 16.1 Å². The number of hydrogen-bond donors (Lipinski definition) is 2. The molecule has 15 heteroatoms. The first-order chi connectivity index (χ1) is 19.6. The number of hydrogen-bond acceptors (Lipinski definition) is 10. The van der Waals surface area contributed by atoms with E-state index in [1.54, 1.807) is 12.1 Å². The van der Waals surface area contributed by atoms with E-state index in [2.05, 4.69) is 20.0 Å². The van der Waals surface area contributed by atoms with Gasteiger partial charge in [-0.15, -0.1) is 0 Å². The number of anilines is 2. The number of sulfonamides is 1. The van der Waals surface area contributed by atoms with Gasteiger partial charge in [-0.05, 0) is 61.4 Å². The van der Waals surface area contributed by atoms with Crippen LogP contribution in [0.4, 0.5) is 11.4 Å². The van der Waals surface area contributed by atoms with Crippen LogP contribution >= 0.6 is 0 Å². The van der Waals surface area contributed by atoms with Crippen LogP contribution in [0.3, 0.4) is 0 Å². The Hall–Kier alpha value is -4.34. The van der Waals surface area contributed by atoms with Crippen molar-refractivity contribution in [2.45, 2.75) is 36.9 Å². The molecule has 5 rings (SSSR count). The summed E-state index contributed by atoms with van der Waals surface area (Å²) in [6.07, 6.45) is -1.42. The fraction of sp³-hybridized carbons (Fsp3) is 0.346. The zero-order valence-corrected chi connectivity index (χ0v) is 22.8. The van der Waals surface area contributed by atoms with E-state index >= 15 is 0 Å². The standard InChI is InChI=1S/C26H27N5O9S/c1-16(32)39-21(24(33)27-18-6-4-17(5-7-18)23-28-26(35)40-29-23)22-25(34)31(14-15-38-22)19-8-10-20(11-9-19)41(36,37)30-12-2-3-13-30/h4-11,21-22H,2-3,12-15H2,1H3,(H,27,33)(H,28,29,35)/t21-,22-/m1/s1. The first kappa shape index (κ1) is 28.2. The number of rotatable bonds is 8. The number of aromatic nitrogens is 2. The Kier molecular flexibility index (Phi) is 8.01. The highest BCUT2D eigenvalue weighted by Gasteiger charge is 2.42. The first-order valence-electron chi connectivity index (χ1n) is 12.8. The number of H-pyrrole nitrogens is 1. The third-order valence-corrected chi connectivity index (χ3v) is 8.58. The van der Waals surface area contributed by atoms with Gasteiger partial charge in [0.15, 0.2) is 11.9 Å². The fourth-order valence-corrected chi connectivity index (χ4v) is 6.18. The monoisotopic (exact) mass is 585 g/mol. The molecule has 2 aliphatic heterocycles. The number of esters is 1. The molecule has 0 saturated carbocycles. The molecule has 0 spiro atoms. The van der Waals surface area contributed by atoms with Gasteiger partial charge in [-0.25, -0.2) is 13.2 Å². The Bertz CT molecular complexity index is 1590. The molecule has 2 fully saturated rings. The molecule has 2 aromatic carbocycles. The normalized spacial score (nSPS) is 18.7. The van der Waals surface area contributed by atoms with E-state index in [4.69, 9.17) is 9.47 Å².